The van der Waals surface area contributed by atoms with E-state index in [9.17, 15) is 9.59 Å². The molecule has 0 aliphatic heterocycles. The molecule has 0 bridgehead atoms. The summed E-state index contributed by atoms with van der Waals surface area (Å²) < 4.78 is 9.84. The third kappa shape index (κ3) is 6.27. The third-order valence-corrected chi connectivity index (χ3v) is 3.76. The summed E-state index contributed by atoms with van der Waals surface area (Å²) in [7, 11) is 0. The summed E-state index contributed by atoms with van der Waals surface area (Å²) >= 11 is 0. The van der Waals surface area contributed by atoms with Gasteiger partial charge in [-0.05, 0) is 49.9 Å². The zero-order valence-corrected chi connectivity index (χ0v) is 15.2. The second kappa shape index (κ2) is 10.3. The van der Waals surface area contributed by atoms with Crippen LogP contribution in [0.15, 0.2) is 36.7 Å². The smallest absolute Gasteiger partial charge is 0.306 e. The van der Waals surface area contributed by atoms with Crippen LogP contribution in [0.4, 0.5) is 0 Å². The molecule has 6 heteroatoms. The zero-order chi connectivity index (χ0) is 18.8. The molecule has 0 unspecified atom stereocenters. The average molecular weight is 356 g/mol. The Morgan fingerprint density at radius 3 is 1.50 bits per heavy atom. The van der Waals surface area contributed by atoms with E-state index in [1.165, 1.54) is 0 Å². The highest BCUT2D eigenvalue weighted by Crippen LogP contribution is 2.16. The van der Waals surface area contributed by atoms with E-state index < -0.39 is 0 Å². The maximum atomic E-state index is 11.4. The summed E-state index contributed by atoms with van der Waals surface area (Å²) in [6, 6.07) is 7.66. The van der Waals surface area contributed by atoms with Crippen LogP contribution < -0.4 is 0 Å². The molecule has 0 aromatic carbocycles. The van der Waals surface area contributed by atoms with Crippen molar-refractivity contribution < 1.29 is 19.1 Å². The molecular formula is C20H24N2O4. The summed E-state index contributed by atoms with van der Waals surface area (Å²) in [5.74, 6) is -0.395. The van der Waals surface area contributed by atoms with Gasteiger partial charge in [-0.1, -0.05) is 12.1 Å². The summed E-state index contributed by atoms with van der Waals surface area (Å²) in [6.07, 6.45) is 5.42. The van der Waals surface area contributed by atoms with E-state index in [4.69, 9.17) is 9.47 Å². The van der Waals surface area contributed by atoms with Gasteiger partial charge in [0.05, 0.1) is 24.6 Å². The maximum Gasteiger partial charge on any atom is 0.306 e. The van der Waals surface area contributed by atoms with E-state index in [0.29, 0.717) is 38.9 Å². The Balaban J connectivity index is 1.90. The maximum absolute atomic E-state index is 11.4. The highest BCUT2D eigenvalue weighted by Gasteiger charge is 2.06. The lowest BCUT2D eigenvalue weighted by molar-refractivity contribution is -0.144. The van der Waals surface area contributed by atoms with Crippen molar-refractivity contribution in [1.82, 2.24) is 9.97 Å². The van der Waals surface area contributed by atoms with Crippen LogP contribution >= 0.6 is 0 Å². The Labute approximate surface area is 153 Å². The summed E-state index contributed by atoms with van der Waals surface area (Å²) in [4.78, 5) is 31.6. The summed E-state index contributed by atoms with van der Waals surface area (Å²) in [5, 5.41) is 0. The molecular weight excluding hydrogens is 332 g/mol. The van der Waals surface area contributed by atoms with Crippen LogP contribution in [0.5, 0.6) is 0 Å². The number of carbonyl (C=O) groups excluding carboxylic acids is 2. The van der Waals surface area contributed by atoms with Crippen LogP contribution in [0.2, 0.25) is 0 Å². The van der Waals surface area contributed by atoms with Crippen LogP contribution in [0.25, 0.3) is 11.4 Å². The molecule has 2 aromatic rings. The van der Waals surface area contributed by atoms with Crippen LogP contribution in [-0.4, -0.2) is 35.1 Å². The van der Waals surface area contributed by atoms with Gasteiger partial charge in [-0.15, -0.1) is 0 Å². The lowest BCUT2D eigenvalue weighted by Gasteiger charge is -2.05. The van der Waals surface area contributed by atoms with Gasteiger partial charge in [0.1, 0.15) is 0 Å². The number of nitrogens with zero attached hydrogens (tertiary/aromatic N) is 2. The Morgan fingerprint density at radius 2 is 1.19 bits per heavy atom. The minimum absolute atomic E-state index is 0.198. The molecule has 0 aliphatic rings. The molecule has 0 aliphatic carbocycles. The number of carbonyl (C=O) groups is 2. The van der Waals surface area contributed by atoms with Gasteiger partial charge in [0.2, 0.25) is 0 Å². The zero-order valence-electron chi connectivity index (χ0n) is 15.2. The fourth-order valence-corrected chi connectivity index (χ4v) is 2.41. The van der Waals surface area contributed by atoms with E-state index in [1.54, 1.807) is 26.2 Å². The van der Waals surface area contributed by atoms with Gasteiger partial charge in [0, 0.05) is 25.2 Å². The molecule has 0 saturated heterocycles. The minimum atomic E-state index is -0.198. The number of aryl methyl sites for hydroxylation is 2. The minimum Gasteiger partial charge on any atom is -0.466 e. The van der Waals surface area contributed by atoms with E-state index >= 15 is 0 Å². The number of aromatic nitrogens is 2. The number of esters is 2. The van der Waals surface area contributed by atoms with Gasteiger partial charge in [-0.3, -0.25) is 19.6 Å². The lowest BCUT2D eigenvalue weighted by atomic mass is 10.1. The summed E-state index contributed by atoms with van der Waals surface area (Å²) in [6.45, 7) is 4.39. The first kappa shape index (κ1) is 19.6. The average Bonchev–Trinajstić information content (AvgIpc) is 2.66. The van der Waals surface area contributed by atoms with Crippen LogP contribution in [0, 0.1) is 0 Å². The van der Waals surface area contributed by atoms with Crippen LogP contribution in [-0.2, 0) is 31.9 Å². The third-order valence-electron chi connectivity index (χ3n) is 3.76. The number of hydrogen-bond acceptors (Lipinski definition) is 6. The van der Waals surface area contributed by atoms with Crippen molar-refractivity contribution in [1.29, 1.82) is 0 Å². The highest BCUT2D eigenvalue weighted by molar-refractivity contribution is 5.70. The molecule has 2 aromatic heterocycles. The molecule has 6 nitrogen and oxygen atoms in total. The van der Waals surface area contributed by atoms with Crippen molar-refractivity contribution >= 4 is 11.9 Å². The molecule has 0 atom stereocenters. The molecule has 0 saturated carbocycles. The Hall–Kier alpha value is -2.76. The first-order chi connectivity index (χ1) is 12.6. The summed E-state index contributed by atoms with van der Waals surface area (Å²) in [5.41, 5.74) is 3.49. The van der Waals surface area contributed by atoms with Crippen molar-refractivity contribution in [3.63, 3.8) is 0 Å². The van der Waals surface area contributed by atoms with E-state index in [2.05, 4.69) is 9.97 Å². The van der Waals surface area contributed by atoms with Gasteiger partial charge >= 0.3 is 11.9 Å². The normalized spacial score (nSPS) is 10.4. The SMILES string of the molecule is CCOC(=O)CCc1ccc(-c2ccc(CCC(=O)OCC)cn2)nc1. The topological polar surface area (TPSA) is 78.4 Å². The molecule has 138 valence electrons. The van der Waals surface area contributed by atoms with Crippen LogP contribution in [0.1, 0.15) is 37.8 Å². The lowest BCUT2D eigenvalue weighted by Crippen LogP contribution is -2.05. The Kier molecular flexibility index (Phi) is 7.74. The van der Waals surface area contributed by atoms with Gasteiger partial charge in [-0.2, -0.15) is 0 Å². The number of ether oxygens (including phenoxy) is 2. The van der Waals surface area contributed by atoms with Gasteiger partial charge < -0.3 is 9.47 Å². The van der Waals surface area contributed by atoms with Crippen molar-refractivity contribution in [2.24, 2.45) is 0 Å². The molecule has 0 spiro atoms. The predicted octanol–water partition coefficient (Wildman–Crippen LogP) is 3.14. The first-order valence-corrected chi connectivity index (χ1v) is 8.83. The molecule has 0 amide bonds. The Bertz CT molecular complexity index is 648. The number of pyridine rings is 2. The van der Waals surface area contributed by atoms with Gasteiger partial charge in [0.15, 0.2) is 0 Å². The molecule has 2 heterocycles. The first-order valence-electron chi connectivity index (χ1n) is 8.83. The van der Waals surface area contributed by atoms with Gasteiger partial charge in [0.25, 0.3) is 0 Å². The Morgan fingerprint density at radius 1 is 0.769 bits per heavy atom. The highest BCUT2D eigenvalue weighted by atomic mass is 16.5. The largest absolute Gasteiger partial charge is 0.466 e. The van der Waals surface area contributed by atoms with Crippen molar-refractivity contribution in [2.75, 3.05) is 13.2 Å². The monoisotopic (exact) mass is 356 g/mol. The second-order valence-electron chi connectivity index (χ2n) is 5.71. The van der Waals surface area contributed by atoms with Crippen molar-refractivity contribution in [3.05, 3.63) is 47.8 Å². The van der Waals surface area contributed by atoms with E-state index in [0.717, 1.165) is 22.5 Å². The predicted molar refractivity (Wildman–Crippen MR) is 97.4 cm³/mol. The van der Waals surface area contributed by atoms with E-state index in [1.807, 2.05) is 24.3 Å². The van der Waals surface area contributed by atoms with Crippen molar-refractivity contribution in [3.8, 4) is 11.4 Å². The second-order valence-corrected chi connectivity index (χ2v) is 5.71. The fraction of sp³-hybridized carbons (Fsp3) is 0.400. The number of rotatable bonds is 9. The number of hydrogen-bond donors (Lipinski definition) is 0. The molecule has 26 heavy (non-hydrogen) atoms. The van der Waals surface area contributed by atoms with Gasteiger partial charge in [-0.25, -0.2) is 0 Å². The molecule has 2 rings (SSSR count). The van der Waals surface area contributed by atoms with Crippen LogP contribution in [0.3, 0.4) is 0 Å². The molecule has 0 N–H and O–H groups in total. The molecule has 0 fully saturated rings. The molecule has 0 radical (unpaired) electrons. The van der Waals surface area contributed by atoms with E-state index in [-0.39, 0.29) is 11.9 Å². The quantitative estimate of drug-likeness (QED) is 0.642. The fourth-order valence-electron chi connectivity index (χ4n) is 2.41. The standard InChI is InChI=1S/C20H24N2O4/c1-3-25-19(23)11-7-15-5-9-17(21-13-15)18-10-6-16(14-22-18)8-12-20(24)26-4-2/h5-6,9-10,13-14H,3-4,7-8,11-12H2,1-2H3. The van der Waals surface area contributed by atoms with Crippen molar-refractivity contribution in [2.45, 2.75) is 39.5 Å².